The lowest BCUT2D eigenvalue weighted by molar-refractivity contribution is -0.134. The van der Waals surface area contributed by atoms with Gasteiger partial charge in [-0.3, -0.25) is 29.4 Å². The number of hydrogen-bond acceptors (Lipinski definition) is 5. The molecule has 3 rings (SSSR count). The number of urea groups is 1. The number of allylic oxidation sites excluding steroid dienone is 5. The zero-order chi connectivity index (χ0) is 19.9. The average Bonchev–Trinajstić information content (AvgIpc) is 2.65. The van der Waals surface area contributed by atoms with Gasteiger partial charge in [0.25, 0.3) is 11.8 Å². The number of hydrogen-bond donors (Lipinski definition) is 0. The summed E-state index contributed by atoms with van der Waals surface area (Å²) in [7, 11) is 4.69. The van der Waals surface area contributed by atoms with Gasteiger partial charge in [-0.1, -0.05) is 18.2 Å². The fraction of sp³-hybridized carbons (Fsp3) is 0.250. The van der Waals surface area contributed by atoms with Crippen LogP contribution in [0.2, 0.25) is 0 Å². The Kier molecular flexibility index (Phi) is 4.61. The van der Waals surface area contributed by atoms with Gasteiger partial charge in [0.15, 0.2) is 0 Å². The zero-order valence-electron chi connectivity index (χ0n) is 16.1. The molecule has 0 N–H and O–H groups in total. The topological polar surface area (TPSA) is 64.2 Å². The Balaban J connectivity index is 2.03. The minimum Gasteiger partial charge on any atom is -0.284 e. The summed E-state index contributed by atoms with van der Waals surface area (Å²) in [5.41, 5.74) is 3.21. The van der Waals surface area contributed by atoms with Crippen molar-refractivity contribution in [2.75, 3.05) is 26.2 Å². The first kappa shape index (κ1) is 18.4. The lowest BCUT2D eigenvalue weighted by Gasteiger charge is -2.39. The van der Waals surface area contributed by atoms with E-state index in [0.717, 1.165) is 26.9 Å². The predicted octanol–water partition coefficient (Wildman–Crippen LogP) is 2.51. The maximum atomic E-state index is 12.6. The van der Waals surface area contributed by atoms with E-state index in [2.05, 4.69) is 0 Å². The maximum Gasteiger partial charge on any atom is 0.333 e. The highest BCUT2D eigenvalue weighted by molar-refractivity contribution is 6.29. The molecule has 4 amide bonds. The van der Waals surface area contributed by atoms with Gasteiger partial charge < -0.3 is 0 Å². The number of para-hydroxylation sites is 1. The van der Waals surface area contributed by atoms with Crippen LogP contribution in [0.15, 0.2) is 65.0 Å². The van der Waals surface area contributed by atoms with Gasteiger partial charge in [-0.15, -0.1) is 0 Å². The highest BCUT2D eigenvalue weighted by Crippen LogP contribution is 2.30. The van der Waals surface area contributed by atoms with Crippen molar-refractivity contribution < 1.29 is 14.4 Å². The Labute approximate surface area is 158 Å². The van der Waals surface area contributed by atoms with Crippen LogP contribution in [-0.4, -0.2) is 53.8 Å². The van der Waals surface area contributed by atoms with Crippen molar-refractivity contribution in [2.45, 2.75) is 13.8 Å². The van der Waals surface area contributed by atoms with Crippen LogP contribution in [0.1, 0.15) is 13.8 Å². The summed E-state index contributed by atoms with van der Waals surface area (Å²) < 4.78 is 0. The number of carbonyl (C=O) groups excluding carboxylic acids is 3. The third-order valence-electron chi connectivity index (χ3n) is 4.73. The maximum absolute atomic E-state index is 12.6. The van der Waals surface area contributed by atoms with Gasteiger partial charge in [-0.05, 0) is 43.7 Å². The monoisotopic (exact) mass is 366 g/mol. The van der Waals surface area contributed by atoms with E-state index in [1.54, 1.807) is 12.2 Å². The molecule has 2 aliphatic heterocycles. The van der Waals surface area contributed by atoms with Crippen LogP contribution in [0.25, 0.3) is 0 Å². The summed E-state index contributed by atoms with van der Waals surface area (Å²) in [6, 6.07) is 9.25. The number of hydrazine groups is 1. The number of nitrogens with zero attached hydrogens (tertiary/aromatic N) is 4. The third-order valence-corrected chi connectivity index (χ3v) is 4.73. The lowest BCUT2D eigenvalue weighted by Crippen LogP contribution is -2.53. The molecule has 1 aromatic carbocycles. The van der Waals surface area contributed by atoms with Crippen LogP contribution in [0.4, 0.5) is 10.5 Å². The number of benzene rings is 1. The number of rotatable bonds is 2. The fourth-order valence-electron chi connectivity index (χ4n) is 3.34. The molecule has 1 fully saturated rings. The van der Waals surface area contributed by atoms with Gasteiger partial charge in [0.1, 0.15) is 5.57 Å². The van der Waals surface area contributed by atoms with E-state index in [1.807, 2.05) is 61.2 Å². The minimum absolute atomic E-state index is 0.000291. The highest BCUT2D eigenvalue weighted by atomic mass is 16.2. The van der Waals surface area contributed by atoms with Crippen LogP contribution >= 0.6 is 0 Å². The second-order valence-electron chi connectivity index (χ2n) is 6.58. The highest BCUT2D eigenvalue weighted by Gasteiger charge is 2.39. The zero-order valence-corrected chi connectivity index (χ0v) is 16.1. The van der Waals surface area contributed by atoms with Crippen LogP contribution in [0.5, 0.6) is 0 Å². The summed E-state index contributed by atoms with van der Waals surface area (Å²) in [6.45, 7) is 3.82. The van der Waals surface area contributed by atoms with Crippen molar-refractivity contribution in [3.63, 3.8) is 0 Å². The lowest BCUT2D eigenvalue weighted by atomic mass is 9.99. The van der Waals surface area contributed by atoms with Crippen molar-refractivity contribution in [1.29, 1.82) is 0 Å². The van der Waals surface area contributed by atoms with Gasteiger partial charge in [-0.2, -0.15) is 0 Å². The Morgan fingerprint density at radius 3 is 1.78 bits per heavy atom. The van der Waals surface area contributed by atoms with Crippen LogP contribution < -0.4 is 5.01 Å². The molecule has 0 aliphatic carbocycles. The second kappa shape index (κ2) is 6.75. The van der Waals surface area contributed by atoms with Crippen molar-refractivity contribution in [1.82, 2.24) is 14.8 Å². The van der Waals surface area contributed by atoms with Crippen LogP contribution in [0, 0.1) is 0 Å². The first-order valence-electron chi connectivity index (χ1n) is 8.53. The molecule has 0 saturated carbocycles. The largest absolute Gasteiger partial charge is 0.333 e. The predicted molar refractivity (Wildman–Crippen MR) is 102 cm³/mol. The molecule has 1 saturated heterocycles. The Morgan fingerprint density at radius 1 is 0.815 bits per heavy atom. The molecule has 0 bridgehead atoms. The number of barbiturate groups is 1. The normalized spacial score (nSPS) is 18.1. The standard InChI is InChI=1S/C20H22N4O3/c1-13-11-15(17-18(25)21(3)20(27)22(4)19(17)26)12-14(2)24(13)23(5)16-9-7-6-8-10-16/h6-12H,1-5H3. The molecule has 0 radical (unpaired) electrons. The number of carbonyl (C=O) groups is 3. The molecule has 0 aromatic heterocycles. The fourth-order valence-corrected chi connectivity index (χ4v) is 3.34. The summed E-state index contributed by atoms with van der Waals surface area (Å²) >= 11 is 0. The Hall–Kier alpha value is -3.35. The van der Waals surface area contributed by atoms with Crippen molar-refractivity contribution in [3.05, 3.63) is 65.0 Å². The second-order valence-corrected chi connectivity index (χ2v) is 6.58. The van der Waals surface area contributed by atoms with Gasteiger partial charge in [0.05, 0.1) is 5.69 Å². The molecule has 2 aliphatic rings. The van der Waals surface area contributed by atoms with Crippen molar-refractivity contribution >= 4 is 23.5 Å². The summed E-state index contributed by atoms with van der Waals surface area (Å²) in [6.07, 6.45) is 3.57. The van der Waals surface area contributed by atoms with Gasteiger partial charge in [-0.25, -0.2) is 4.79 Å². The molecule has 140 valence electrons. The van der Waals surface area contributed by atoms with E-state index >= 15 is 0 Å². The minimum atomic E-state index is -0.628. The van der Waals surface area contributed by atoms with E-state index in [4.69, 9.17) is 0 Å². The first-order chi connectivity index (χ1) is 12.7. The number of amides is 4. The van der Waals surface area contributed by atoms with Gasteiger partial charge in [0.2, 0.25) is 0 Å². The molecule has 1 aromatic rings. The molecular formula is C20H22N4O3. The molecule has 7 nitrogen and oxygen atoms in total. The number of anilines is 1. The van der Waals surface area contributed by atoms with Crippen molar-refractivity contribution in [2.24, 2.45) is 0 Å². The molecule has 0 unspecified atom stereocenters. The van der Waals surface area contributed by atoms with Crippen molar-refractivity contribution in [3.8, 4) is 0 Å². The molecule has 27 heavy (non-hydrogen) atoms. The van der Waals surface area contributed by atoms with Gasteiger partial charge in [0, 0.05) is 32.5 Å². The summed E-state index contributed by atoms with van der Waals surface area (Å²) in [5, 5.41) is 3.99. The Bertz CT molecular complexity index is 866. The number of likely N-dealkylation sites (N-methyl/N-ethyl adjacent to an activating group) is 2. The SMILES string of the molecule is CC1=CC(=C2C(=O)N(C)C(=O)N(C)C2=O)C=C(C)N1N(C)c1ccccc1. The average molecular weight is 366 g/mol. The smallest absolute Gasteiger partial charge is 0.284 e. The van der Waals surface area contributed by atoms with E-state index < -0.39 is 17.8 Å². The van der Waals surface area contributed by atoms with E-state index in [1.165, 1.54) is 14.1 Å². The van der Waals surface area contributed by atoms with Crippen LogP contribution in [-0.2, 0) is 9.59 Å². The summed E-state index contributed by atoms with van der Waals surface area (Å²) in [5.74, 6) is -1.17. The number of imide groups is 2. The molecule has 7 heteroatoms. The Morgan fingerprint density at radius 2 is 1.30 bits per heavy atom. The first-order valence-corrected chi connectivity index (χ1v) is 8.53. The molecule has 0 spiro atoms. The van der Waals surface area contributed by atoms with E-state index in [-0.39, 0.29) is 5.57 Å². The molecular weight excluding hydrogens is 344 g/mol. The quantitative estimate of drug-likeness (QED) is 0.594. The molecule has 2 heterocycles. The van der Waals surface area contributed by atoms with E-state index in [9.17, 15) is 14.4 Å². The van der Waals surface area contributed by atoms with Crippen LogP contribution in [0.3, 0.4) is 0 Å². The van der Waals surface area contributed by atoms with Gasteiger partial charge >= 0.3 is 6.03 Å². The molecule has 0 atom stereocenters. The summed E-state index contributed by atoms with van der Waals surface area (Å²) in [4.78, 5) is 39.0. The third kappa shape index (κ3) is 3.01. The van der Waals surface area contributed by atoms with E-state index in [0.29, 0.717) is 5.57 Å².